The summed E-state index contributed by atoms with van der Waals surface area (Å²) in [5, 5.41) is 0. The molecule has 4 aliphatic rings. The average molecular weight is 542 g/mol. The van der Waals surface area contributed by atoms with E-state index in [1.165, 1.54) is 27.3 Å². The Morgan fingerprint density at radius 1 is 0.975 bits per heavy atom. The second kappa shape index (κ2) is 9.28. The van der Waals surface area contributed by atoms with E-state index in [1.807, 2.05) is 18.2 Å². The minimum Gasteiger partial charge on any atom is -0.314 e. The van der Waals surface area contributed by atoms with Crippen LogP contribution in [0.25, 0.3) is 16.5 Å². The number of carbonyl (C=O) groups is 2. The summed E-state index contributed by atoms with van der Waals surface area (Å²) in [6, 6.07) is 19.6. The van der Waals surface area contributed by atoms with Crippen LogP contribution in [0, 0.1) is 5.92 Å². The van der Waals surface area contributed by atoms with Gasteiger partial charge < -0.3 is 4.90 Å². The number of hydrogen-bond donors (Lipinski definition) is 0. The van der Waals surface area contributed by atoms with E-state index >= 15 is 0 Å². The number of ketones is 2. The van der Waals surface area contributed by atoms with Gasteiger partial charge in [0.05, 0.1) is 5.57 Å². The number of benzene rings is 2. The van der Waals surface area contributed by atoms with Gasteiger partial charge in [0.15, 0.2) is 11.6 Å². The predicted molar refractivity (Wildman–Crippen MR) is 165 cm³/mol. The quantitative estimate of drug-likeness (QED) is 0.245. The zero-order valence-corrected chi connectivity index (χ0v) is 23.8. The van der Waals surface area contributed by atoms with Gasteiger partial charge in [-0.2, -0.15) is 0 Å². The Labute approximate surface area is 239 Å². The van der Waals surface area contributed by atoms with Crippen LogP contribution in [0.3, 0.4) is 0 Å². The van der Waals surface area contributed by atoms with Gasteiger partial charge in [0.1, 0.15) is 0 Å². The summed E-state index contributed by atoms with van der Waals surface area (Å²) < 4.78 is 0. The first kappa shape index (κ1) is 25.0. The molecule has 4 aliphatic carbocycles. The zero-order valence-electron chi connectivity index (χ0n) is 23.0. The van der Waals surface area contributed by atoms with Gasteiger partial charge in [-0.1, -0.05) is 69.3 Å². The minimum absolute atomic E-state index is 0.0932. The molecular formula is C36H31NO2S. The normalized spacial score (nSPS) is 21.5. The Bertz CT molecular complexity index is 1740. The monoisotopic (exact) mass is 541 g/mol. The number of Topliss-reactive ketones (excluding diaryl/α,β-unsaturated/α-hetero) is 2. The van der Waals surface area contributed by atoms with Gasteiger partial charge in [0, 0.05) is 43.4 Å². The number of fused-ring (bicyclic) bond motifs is 3. The fourth-order valence-corrected chi connectivity index (χ4v) is 7.82. The second-order valence-corrected chi connectivity index (χ2v) is 12.8. The van der Waals surface area contributed by atoms with Crippen LogP contribution >= 0.6 is 11.3 Å². The summed E-state index contributed by atoms with van der Waals surface area (Å²) >= 11 is 1.68. The lowest BCUT2D eigenvalue weighted by atomic mass is 9.82. The molecule has 0 radical (unpaired) electrons. The lowest BCUT2D eigenvalue weighted by Crippen LogP contribution is -2.20. The largest absolute Gasteiger partial charge is 0.314 e. The molecule has 4 heteroatoms. The van der Waals surface area contributed by atoms with Crippen molar-refractivity contribution in [2.75, 3.05) is 4.90 Å². The van der Waals surface area contributed by atoms with Crippen LogP contribution in [-0.2, 0) is 15.0 Å². The molecule has 0 spiro atoms. The Morgan fingerprint density at radius 3 is 2.58 bits per heavy atom. The summed E-state index contributed by atoms with van der Waals surface area (Å²) in [6.45, 7) is 6.82. The van der Waals surface area contributed by atoms with Crippen molar-refractivity contribution < 1.29 is 9.59 Å². The number of nitrogens with zero attached hydrogens (tertiary/aromatic N) is 1. The van der Waals surface area contributed by atoms with Crippen molar-refractivity contribution >= 4 is 40.4 Å². The highest BCUT2D eigenvalue weighted by Gasteiger charge is 2.39. The summed E-state index contributed by atoms with van der Waals surface area (Å²) in [5.41, 5.74) is 8.80. The second-order valence-electron chi connectivity index (χ2n) is 11.7. The predicted octanol–water partition coefficient (Wildman–Crippen LogP) is 8.85. The highest BCUT2D eigenvalue weighted by molar-refractivity contribution is 7.16. The summed E-state index contributed by atoms with van der Waals surface area (Å²) in [6.07, 6.45) is 14.8. The van der Waals surface area contributed by atoms with E-state index in [-0.39, 0.29) is 17.0 Å². The van der Waals surface area contributed by atoms with E-state index in [0.717, 1.165) is 29.1 Å². The number of carbonyl (C=O) groups excluding carboxylic acids is 2. The van der Waals surface area contributed by atoms with Crippen molar-refractivity contribution in [3.63, 3.8) is 0 Å². The molecule has 0 saturated heterocycles. The summed E-state index contributed by atoms with van der Waals surface area (Å²) in [5.74, 6) is 0.271. The maximum atomic E-state index is 13.0. The fraction of sp³-hybridized carbons (Fsp3) is 0.222. The van der Waals surface area contributed by atoms with E-state index in [4.69, 9.17) is 0 Å². The topological polar surface area (TPSA) is 37.4 Å². The molecule has 0 N–H and O–H groups in total. The van der Waals surface area contributed by atoms with Crippen molar-refractivity contribution in [1.82, 2.24) is 0 Å². The maximum absolute atomic E-state index is 13.0. The van der Waals surface area contributed by atoms with Gasteiger partial charge in [0.2, 0.25) is 0 Å². The molecule has 198 valence electrons. The van der Waals surface area contributed by atoms with Crippen LogP contribution in [0.1, 0.15) is 56.0 Å². The molecule has 0 saturated carbocycles. The lowest BCUT2D eigenvalue weighted by Gasteiger charge is -2.31. The minimum atomic E-state index is -0.200. The van der Waals surface area contributed by atoms with E-state index in [9.17, 15) is 9.59 Å². The Kier molecular flexibility index (Phi) is 5.79. The van der Waals surface area contributed by atoms with E-state index in [0.29, 0.717) is 29.1 Å². The smallest absolute Gasteiger partial charge is 0.197 e. The van der Waals surface area contributed by atoms with Crippen LogP contribution < -0.4 is 4.90 Å². The molecule has 40 heavy (non-hydrogen) atoms. The Hall–Kier alpha value is -4.02. The molecule has 0 amide bonds. The third-order valence-corrected chi connectivity index (χ3v) is 9.75. The molecule has 1 atom stereocenters. The van der Waals surface area contributed by atoms with Gasteiger partial charge in [-0.3, -0.25) is 9.59 Å². The van der Waals surface area contributed by atoms with Crippen LogP contribution in [0.15, 0.2) is 107 Å². The number of anilines is 2. The molecule has 1 aromatic heterocycles. The van der Waals surface area contributed by atoms with Crippen LogP contribution in [0.5, 0.6) is 0 Å². The van der Waals surface area contributed by atoms with Crippen LogP contribution in [0.4, 0.5) is 11.4 Å². The standard InChI is InChI=1S/C36H31NO2S/c1-22-10-9-13-24(18-22)37(23-11-5-4-6-12-23)25-16-17-29-31(19-25)36(2,3)32-21-26(40-35(29)32)20-30-33(38)27-14-7-8-15-28(27)34(30)39/h4-7,9-14,16-17,19-22H,8,15,18H2,1-3H3/b30-20-. The third kappa shape index (κ3) is 3.85. The van der Waals surface area contributed by atoms with Crippen molar-refractivity contribution in [1.29, 1.82) is 0 Å². The molecular weight excluding hydrogens is 510 g/mol. The molecule has 2 aromatic carbocycles. The zero-order chi connectivity index (χ0) is 27.6. The molecule has 0 aliphatic heterocycles. The van der Waals surface area contributed by atoms with Gasteiger partial charge >= 0.3 is 0 Å². The van der Waals surface area contributed by atoms with Gasteiger partial charge in [-0.25, -0.2) is 0 Å². The molecule has 1 unspecified atom stereocenters. The molecule has 3 nitrogen and oxygen atoms in total. The molecule has 7 rings (SSSR count). The molecule has 3 aromatic rings. The van der Waals surface area contributed by atoms with Crippen LogP contribution in [-0.4, -0.2) is 11.6 Å². The summed E-state index contributed by atoms with van der Waals surface area (Å²) in [4.78, 5) is 30.6. The maximum Gasteiger partial charge on any atom is 0.197 e. The van der Waals surface area contributed by atoms with E-state index in [2.05, 4.69) is 98.5 Å². The first-order valence-corrected chi connectivity index (χ1v) is 14.9. The average Bonchev–Trinajstić information content (AvgIpc) is 3.56. The molecule has 0 fully saturated rings. The van der Waals surface area contributed by atoms with Crippen molar-refractivity contribution in [2.24, 2.45) is 5.92 Å². The fourth-order valence-electron chi connectivity index (χ4n) is 6.52. The van der Waals surface area contributed by atoms with Gasteiger partial charge in [0.25, 0.3) is 0 Å². The lowest BCUT2D eigenvalue weighted by molar-refractivity contribution is -0.115. The van der Waals surface area contributed by atoms with Crippen molar-refractivity contribution in [3.05, 3.63) is 123 Å². The number of allylic oxidation sites excluding steroid dienone is 9. The first-order valence-electron chi connectivity index (χ1n) is 14.1. The number of thiophene rings is 1. The van der Waals surface area contributed by atoms with Crippen LogP contribution in [0.2, 0.25) is 0 Å². The van der Waals surface area contributed by atoms with E-state index < -0.39 is 0 Å². The van der Waals surface area contributed by atoms with Gasteiger partial charge in [-0.05, 0) is 84.4 Å². The van der Waals surface area contributed by atoms with Gasteiger partial charge in [-0.15, -0.1) is 11.3 Å². The first-order chi connectivity index (χ1) is 19.3. The van der Waals surface area contributed by atoms with Crippen molar-refractivity contribution in [2.45, 2.75) is 45.4 Å². The third-order valence-electron chi connectivity index (χ3n) is 8.63. The Morgan fingerprint density at radius 2 is 1.80 bits per heavy atom. The summed E-state index contributed by atoms with van der Waals surface area (Å²) in [7, 11) is 0. The number of para-hydroxylation sites is 1. The highest BCUT2D eigenvalue weighted by Crippen LogP contribution is 2.54. The number of hydrogen-bond acceptors (Lipinski definition) is 4. The highest BCUT2D eigenvalue weighted by atomic mass is 32.1. The van der Waals surface area contributed by atoms with Crippen molar-refractivity contribution in [3.8, 4) is 10.4 Å². The Balaban J connectivity index is 1.28. The van der Waals surface area contributed by atoms with E-state index in [1.54, 1.807) is 11.3 Å². The SMILES string of the molecule is CC1C=CC=C(N(c2ccccc2)c2ccc3c(c2)C(C)(C)c2cc(/C=C4/C(=O)C5=C(CCC=C5)C4=O)sc2-3)C1. The molecule has 0 bridgehead atoms. The molecule has 1 heterocycles. The number of rotatable bonds is 4.